The Morgan fingerprint density at radius 1 is 1.10 bits per heavy atom. The molecule has 2 aromatic carbocycles. The number of nitrogens with zero attached hydrogens (tertiary/aromatic N) is 4. The van der Waals surface area contributed by atoms with Gasteiger partial charge >= 0.3 is 0 Å². The number of carbonyl (C=O) groups is 1. The second kappa shape index (κ2) is 12.4. The molecule has 1 aromatic heterocycles. The molecule has 0 radical (unpaired) electrons. The molecule has 0 bridgehead atoms. The number of amides is 1. The lowest BCUT2D eigenvalue weighted by Gasteiger charge is -2.30. The molecule has 2 fully saturated rings. The monoisotopic (exact) mass is 609 g/mol. The average molecular weight is 611 g/mol. The summed E-state index contributed by atoms with van der Waals surface area (Å²) in [6, 6.07) is 9.74. The van der Waals surface area contributed by atoms with Crippen LogP contribution in [0.15, 0.2) is 45.8 Å². The summed E-state index contributed by atoms with van der Waals surface area (Å²) in [6.07, 6.45) is 1.26. The number of morpholine rings is 1. The third-order valence-electron chi connectivity index (χ3n) is 6.98. The lowest BCUT2D eigenvalue weighted by atomic mass is 9.96. The minimum absolute atomic E-state index is 0.0170. The molecule has 3 heterocycles. The summed E-state index contributed by atoms with van der Waals surface area (Å²) < 4.78 is 43.9. The number of rotatable bonds is 8. The van der Waals surface area contributed by atoms with Crippen molar-refractivity contribution >= 4 is 44.8 Å². The number of anilines is 1. The van der Waals surface area contributed by atoms with E-state index in [0.29, 0.717) is 78.7 Å². The van der Waals surface area contributed by atoms with Gasteiger partial charge in [-0.2, -0.15) is 9.29 Å². The van der Waals surface area contributed by atoms with Crippen molar-refractivity contribution in [3.8, 4) is 17.1 Å². The van der Waals surface area contributed by atoms with Gasteiger partial charge in [0.15, 0.2) is 0 Å². The number of likely N-dealkylation sites (tertiary alicyclic amines) is 1. The highest BCUT2D eigenvalue weighted by Crippen LogP contribution is 2.31. The number of hydrogen-bond acceptors (Lipinski definition) is 9. The Morgan fingerprint density at radius 2 is 1.85 bits per heavy atom. The van der Waals surface area contributed by atoms with Crippen molar-refractivity contribution in [3.63, 3.8) is 0 Å². The van der Waals surface area contributed by atoms with Gasteiger partial charge in [-0.3, -0.25) is 9.69 Å². The van der Waals surface area contributed by atoms with Crippen molar-refractivity contribution in [2.45, 2.75) is 24.3 Å². The first kappa shape index (κ1) is 28.8. The van der Waals surface area contributed by atoms with Crippen molar-refractivity contribution in [2.24, 2.45) is 5.92 Å². The normalized spacial score (nSPS) is 17.6. The van der Waals surface area contributed by atoms with Gasteiger partial charge in [0.05, 0.1) is 31.9 Å². The van der Waals surface area contributed by atoms with Crippen molar-refractivity contribution in [2.75, 3.05) is 51.8 Å². The fraction of sp³-hybridized carbons (Fsp3) is 0.423. The van der Waals surface area contributed by atoms with Gasteiger partial charge in [-0.05, 0) is 62.3 Å². The molecule has 11 nitrogen and oxygen atoms in total. The fourth-order valence-electron chi connectivity index (χ4n) is 4.77. The first-order valence-corrected chi connectivity index (χ1v) is 15.0. The number of methoxy groups -OCH3 is 1. The van der Waals surface area contributed by atoms with Crippen LogP contribution in [0.25, 0.3) is 11.4 Å². The van der Waals surface area contributed by atoms with Crippen LogP contribution >= 0.6 is 23.2 Å². The topological polar surface area (TPSA) is 127 Å². The Labute approximate surface area is 242 Å². The van der Waals surface area contributed by atoms with Gasteiger partial charge in [0.25, 0.3) is 0 Å². The Balaban J connectivity index is 1.18. The number of piperidine rings is 1. The zero-order valence-electron chi connectivity index (χ0n) is 21.8. The molecule has 214 valence electrons. The highest BCUT2D eigenvalue weighted by molar-refractivity contribution is 7.89. The van der Waals surface area contributed by atoms with Crippen LogP contribution in [0.4, 0.5) is 5.69 Å². The predicted molar refractivity (Wildman–Crippen MR) is 149 cm³/mol. The minimum atomic E-state index is -3.81. The van der Waals surface area contributed by atoms with Crippen LogP contribution in [0.1, 0.15) is 18.7 Å². The molecule has 0 atom stereocenters. The molecule has 40 heavy (non-hydrogen) atoms. The standard InChI is InChI=1S/C26H29Cl2N5O6S/c1-37-22-5-3-19(15-23(22)40(35,36)33-10-12-38-13-11-33)29-26(34)17-6-8-32(9-7-17)16-24-30-25(31-39-24)20-4-2-18(27)14-21(20)28/h2-5,14-15,17H,6-13,16H2,1H3,(H,29,34). The van der Waals surface area contributed by atoms with E-state index in [1.807, 2.05) is 0 Å². The summed E-state index contributed by atoms with van der Waals surface area (Å²) in [5.74, 6) is 0.692. The molecule has 2 saturated heterocycles. The fourth-order valence-corrected chi connectivity index (χ4v) is 6.85. The average Bonchev–Trinajstić information content (AvgIpc) is 3.41. The summed E-state index contributed by atoms with van der Waals surface area (Å²) >= 11 is 12.2. The van der Waals surface area contributed by atoms with E-state index in [1.165, 1.54) is 17.5 Å². The Morgan fingerprint density at radius 3 is 2.55 bits per heavy atom. The number of sulfonamides is 1. The van der Waals surface area contributed by atoms with E-state index >= 15 is 0 Å². The maximum atomic E-state index is 13.2. The van der Waals surface area contributed by atoms with Crippen LogP contribution in [-0.2, 0) is 26.1 Å². The maximum Gasteiger partial charge on any atom is 0.246 e. The maximum absolute atomic E-state index is 13.2. The molecular weight excluding hydrogens is 581 g/mol. The van der Waals surface area contributed by atoms with E-state index in [0.717, 1.165) is 0 Å². The minimum Gasteiger partial charge on any atom is -0.495 e. The molecule has 0 saturated carbocycles. The van der Waals surface area contributed by atoms with Crippen LogP contribution in [0.3, 0.4) is 0 Å². The SMILES string of the molecule is COc1ccc(NC(=O)C2CCN(Cc3nc(-c4ccc(Cl)cc4Cl)no3)CC2)cc1S(=O)(=O)N1CCOCC1. The van der Waals surface area contributed by atoms with Gasteiger partial charge in [0, 0.05) is 35.3 Å². The number of benzene rings is 2. The zero-order chi connectivity index (χ0) is 28.3. The zero-order valence-corrected chi connectivity index (χ0v) is 24.1. The van der Waals surface area contributed by atoms with Gasteiger partial charge in [0.1, 0.15) is 10.6 Å². The third-order valence-corrected chi connectivity index (χ3v) is 9.44. The van der Waals surface area contributed by atoms with Crippen LogP contribution in [0.2, 0.25) is 10.0 Å². The molecule has 2 aliphatic heterocycles. The second-order valence-electron chi connectivity index (χ2n) is 9.56. The lowest BCUT2D eigenvalue weighted by molar-refractivity contribution is -0.121. The lowest BCUT2D eigenvalue weighted by Crippen LogP contribution is -2.40. The molecular formula is C26H29Cl2N5O6S. The number of aromatic nitrogens is 2. The summed E-state index contributed by atoms with van der Waals surface area (Å²) in [6.45, 7) is 2.98. The van der Waals surface area contributed by atoms with Crippen LogP contribution in [0, 0.1) is 5.92 Å². The molecule has 2 aliphatic rings. The quantitative estimate of drug-likeness (QED) is 0.404. The van der Waals surface area contributed by atoms with E-state index in [1.54, 1.807) is 30.3 Å². The van der Waals surface area contributed by atoms with E-state index in [4.69, 9.17) is 37.2 Å². The molecule has 1 amide bonds. The predicted octanol–water partition coefficient (Wildman–Crippen LogP) is 3.92. The Kier molecular flexibility index (Phi) is 8.93. The molecule has 1 N–H and O–H groups in total. The number of hydrogen-bond donors (Lipinski definition) is 1. The Bertz CT molecular complexity index is 1470. The summed E-state index contributed by atoms with van der Waals surface area (Å²) in [7, 11) is -2.39. The highest BCUT2D eigenvalue weighted by atomic mass is 35.5. The molecule has 0 aliphatic carbocycles. The largest absolute Gasteiger partial charge is 0.495 e. The van der Waals surface area contributed by atoms with E-state index < -0.39 is 10.0 Å². The summed E-state index contributed by atoms with van der Waals surface area (Å²) in [5.41, 5.74) is 1.04. The van der Waals surface area contributed by atoms with Crippen LogP contribution < -0.4 is 10.1 Å². The van der Waals surface area contributed by atoms with Crippen molar-refractivity contribution in [3.05, 3.63) is 52.3 Å². The van der Waals surface area contributed by atoms with Crippen LogP contribution in [0.5, 0.6) is 5.75 Å². The van der Waals surface area contributed by atoms with Gasteiger partial charge in [-0.1, -0.05) is 28.4 Å². The second-order valence-corrected chi connectivity index (χ2v) is 12.3. The highest BCUT2D eigenvalue weighted by Gasteiger charge is 2.31. The van der Waals surface area contributed by atoms with E-state index in [2.05, 4.69) is 20.4 Å². The summed E-state index contributed by atoms with van der Waals surface area (Å²) in [4.78, 5) is 19.7. The van der Waals surface area contributed by atoms with Gasteiger partial charge < -0.3 is 19.3 Å². The molecule has 3 aromatic rings. The van der Waals surface area contributed by atoms with Crippen molar-refractivity contribution < 1.29 is 27.2 Å². The third kappa shape index (κ3) is 6.42. The van der Waals surface area contributed by atoms with Crippen molar-refractivity contribution in [1.29, 1.82) is 0 Å². The molecule has 14 heteroatoms. The van der Waals surface area contributed by atoms with Gasteiger partial charge in [-0.25, -0.2) is 8.42 Å². The molecule has 0 unspecified atom stereocenters. The van der Waals surface area contributed by atoms with E-state index in [-0.39, 0.29) is 35.6 Å². The number of nitrogens with one attached hydrogen (secondary N) is 1. The van der Waals surface area contributed by atoms with E-state index in [9.17, 15) is 13.2 Å². The Hall–Kier alpha value is -2.74. The first-order chi connectivity index (χ1) is 19.2. The number of halogens is 2. The van der Waals surface area contributed by atoms with Gasteiger partial charge in [-0.15, -0.1) is 0 Å². The number of ether oxygens (including phenoxy) is 2. The van der Waals surface area contributed by atoms with Gasteiger partial charge in [0.2, 0.25) is 27.6 Å². The first-order valence-electron chi connectivity index (χ1n) is 12.8. The smallest absolute Gasteiger partial charge is 0.246 e. The molecule has 5 rings (SSSR count). The number of carbonyl (C=O) groups excluding carboxylic acids is 1. The van der Waals surface area contributed by atoms with Crippen LogP contribution in [-0.4, -0.2) is 80.2 Å². The van der Waals surface area contributed by atoms with Crippen molar-refractivity contribution in [1.82, 2.24) is 19.3 Å². The molecule has 0 spiro atoms. The summed E-state index contributed by atoms with van der Waals surface area (Å²) in [5, 5.41) is 7.89.